The Morgan fingerprint density at radius 2 is 1.97 bits per heavy atom. The van der Waals surface area contributed by atoms with Crippen LogP contribution in [0.4, 0.5) is 0 Å². The molecule has 3 rings (SSSR count). The van der Waals surface area contributed by atoms with Gasteiger partial charge in [0, 0.05) is 5.57 Å². The molecule has 1 fully saturated rings. The third kappa shape index (κ3) is 3.58. The van der Waals surface area contributed by atoms with Gasteiger partial charge in [0.15, 0.2) is 6.04 Å². The third-order valence-electron chi connectivity index (χ3n) is 5.08. The highest BCUT2D eigenvalue weighted by atomic mass is 32.2. The first kappa shape index (κ1) is 20.8. The maximum Gasteiger partial charge on any atom is 0.353 e. The highest BCUT2D eigenvalue weighted by molar-refractivity contribution is 7.92. The van der Waals surface area contributed by atoms with Crippen LogP contribution in [0, 0.1) is 0 Å². The van der Waals surface area contributed by atoms with E-state index in [1.165, 1.54) is 6.08 Å². The first-order chi connectivity index (χ1) is 13.7. The predicted octanol–water partition coefficient (Wildman–Crippen LogP) is 0.473. The minimum atomic E-state index is -1.64. The first-order valence-electron chi connectivity index (χ1n) is 8.85. The smallest absolute Gasteiger partial charge is 0.353 e. The van der Waals surface area contributed by atoms with Crippen molar-refractivity contribution in [2.24, 2.45) is 0 Å². The van der Waals surface area contributed by atoms with E-state index in [0.717, 1.165) is 16.5 Å². The van der Waals surface area contributed by atoms with E-state index in [1.54, 1.807) is 38.1 Å². The van der Waals surface area contributed by atoms with Crippen molar-refractivity contribution in [2.75, 3.05) is 5.75 Å². The SMILES string of the molecule is CC(C)(C(=O)NC1C(=O)N2C(C(=O)O)=C(C=CC=O)C[S+]([O-])[C@@H]12)c1ccccc1. The van der Waals surface area contributed by atoms with Crippen LogP contribution in [-0.4, -0.2) is 55.8 Å². The second-order valence-corrected chi connectivity index (χ2v) is 8.77. The summed E-state index contributed by atoms with van der Waals surface area (Å²) in [5.41, 5.74) is -0.382. The van der Waals surface area contributed by atoms with E-state index in [1.807, 2.05) is 6.07 Å². The highest BCUT2D eigenvalue weighted by Crippen LogP contribution is 2.37. The van der Waals surface area contributed by atoms with Crippen LogP contribution in [0.5, 0.6) is 0 Å². The van der Waals surface area contributed by atoms with Crippen molar-refractivity contribution in [1.29, 1.82) is 0 Å². The van der Waals surface area contributed by atoms with Crippen LogP contribution in [0.2, 0.25) is 0 Å². The number of carboxylic acids is 1. The molecule has 1 saturated heterocycles. The van der Waals surface area contributed by atoms with Gasteiger partial charge in [0.2, 0.25) is 11.3 Å². The Labute approximate surface area is 170 Å². The summed E-state index contributed by atoms with van der Waals surface area (Å²) in [5, 5.41) is 11.2. The molecule has 0 aromatic heterocycles. The Hall–Kier alpha value is -2.91. The van der Waals surface area contributed by atoms with E-state index in [-0.39, 0.29) is 17.0 Å². The molecule has 9 heteroatoms. The van der Waals surface area contributed by atoms with Crippen LogP contribution in [0.3, 0.4) is 0 Å². The Morgan fingerprint density at radius 1 is 1.31 bits per heavy atom. The molecule has 8 nitrogen and oxygen atoms in total. The normalized spacial score (nSPS) is 24.2. The molecule has 1 aromatic carbocycles. The van der Waals surface area contributed by atoms with Crippen LogP contribution in [0.15, 0.2) is 53.8 Å². The highest BCUT2D eigenvalue weighted by Gasteiger charge is 2.61. The number of carboxylic acid groups (broad SMARTS) is 1. The molecule has 2 N–H and O–H groups in total. The maximum atomic E-state index is 12.9. The number of benzene rings is 1. The van der Waals surface area contributed by atoms with E-state index >= 15 is 0 Å². The fourth-order valence-electron chi connectivity index (χ4n) is 3.40. The fraction of sp³-hybridized carbons (Fsp3) is 0.300. The topological polar surface area (TPSA) is 127 Å². The third-order valence-corrected chi connectivity index (χ3v) is 6.70. The number of amides is 2. The maximum absolute atomic E-state index is 12.9. The molecule has 2 aliphatic heterocycles. The Kier molecular flexibility index (Phi) is 5.63. The van der Waals surface area contributed by atoms with Gasteiger partial charge in [0.25, 0.3) is 5.91 Å². The lowest BCUT2D eigenvalue weighted by molar-refractivity contribution is -0.151. The van der Waals surface area contributed by atoms with Crippen LogP contribution in [0.1, 0.15) is 19.4 Å². The van der Waals surface area contributed by atoms with Gasteiger partial charge < -0.3 is 15.0 Å². The van der Waals surface area contributed by atoms with Crippen molar-refractivity contribution in [3.8, 4) is 0 Å². The minimum absolute atomic E-state index is 0.127. The molecule has 2 heterocycles. The van der Waals surface area contributed by atoms with E-state index in [9.17, 15) is 28.8 Å². The molecule has 152 valence electrons. The van der Waals surface area contributed by atoms with Crippen LogP contribution in [0.25, 0.3) is 0 Å². The molecule has 0 spiro atoms. The van der Waals surface area contributed by atoms with Crippen LogP contribution >= 0.6 is 0 Å². The van der Waals surface area contributed by atoms with Gasteiger partial charge in [-0.15, -0.1) is 0 Å². The monoisotopic (exact) mass is 416 g/mol. The second-order valence-electron chi connectivity index (χ2n) is 7.24. The number of β-lactam (4-membered cyclic amide) rings is 1. The van der Waals surface area contributed by atoms with Crippen molar-refractivity contribution >= 4 is 35.2 Å². The van der Waals surface area contributed by atoms with E-state index < -0.39 is 45.8 Å². The largest absolute Gasteiger partial charge is 0.614 e. The summed E-state index contributed by atoms with van der Waals surface area (Å²) in [6.07, 6.45) is 2.79. The number of nitrogens with one attached hydrogen (secondary N) is 1. The lowest BCUT2D eigenvalue weighted by Crippen LogP contribution is -2.75. The number of aliphatic carboxylic acids is 1. The summed E-state index contributed by atoms with van der Waals surface area (Å²) >= 11 is -1.64. The summed E-state index contributed by atoms with van der Waals surface area (Å²) in [5.74, 6) is -2.56. The van der Waals surface area contributed by atoms with E-state index in [0.29, 0.717) is 6.29 Å². The van der Waals surface area contributed by atoms with E-state index in [4.69, 9.17) is 0 Å². The molecule has 1 aromatic rings. The molecule has 0 bridgehead atoms. The molecule has 0 saturated carbocycles. The molecule has 2 amide bonds. The van der Waals surface area contributed by atoms with Gasteiger partial charge in [-0.25, -0.2) is 4.79 Å². The quantitative estimate of drug-likeness (QED) is 0.300. The number of rotatable bonds is 6. The Balaban J connectivity index is 1.85. The van der Waals surface area contributed by atoms with Crippen LogP contribution < -0.4 is 5.32 Å². The lowest BCUT2D eigenvalue weighted by Gasteiger charge is -2.49. The van der Waals surface area contributed by atoms with Gasteiger partial charge in [-0.2, -0.15) is 0 Å². The number of carbonyl (C=O) groups excluding carboxylic acids is 3. The number of allylic oxidation sites excluding steroid dienone is 2. The number of fused-ring (bicyclic) bond motifs is 1. The van der Waals surface area contributed by atoms with Crippen molar-refractivity contribution in [3.05, 3.63) is 59.3 Å². The molecular formula is C20H20N2O6S. The van der Waals surface area contributed by atoms with Gasteiger partial charge in [0.1, 0.15) is 17.7 Å². The minimum Gasteiger partial charge on any atom is -0.614 e. The van der Waals surface area contributed by atoms with Gasteiger partial charge >= 0.3 is 5.97 Å². The zero-order valence-corrected chi connectivity index (χ0v) is 16.6. The summed E-state index contributed by atoms with van der Waals surface area (Å²) in [6, 6.07) is 7.95. The summed E-state index contributed by atoms with van der Waals surface area (Å²) in [6.45, 7) is 3.42. The Bertz CT molecular complexity index is 924. The van der Waals surface area contributed by atoms with Gasteiger partial charge in [-0.3, -0.25) is 19.3 Å². The molecule has 0 aliphatic carbocycles. The zero-order chi connectivity index (χ0) is 21.3. The number of aldehydes is 1. The van der Waals surface area contributed by atoms with Crippen molar-refractivity contribution in [1.82, 2.24) is 10.2 Å². The van der Waals surface area contributed by atoms with Gasteiger partial charge in [-0.1, -0.05) is 30.3 Å². The summed E-state index contributed by atoms with van der Waals surface area (Å²) in [7, 11) is 0. The van der Waals surface area contributed by atoms with Gasteiger partial charge in [-0.05, 0) is 42.7 Å². The average molecular weight is 416 g/mol. The molecular weight excluding hydrogens is 396 g/mol. The standard InChI is InChI=1S/C20H20N2O6S/c1-20(2,13-8-4-3-5-9-13)19(27)21-14-16(24)22-15(18(25)26)12(7-6-10-23)11-29(28)17(14)22/h3-10,14,17H,11H2,1-2H3,(H,21,27)(H,25,26)/t14?,17-,29?/m0/s1. The number of nitrogens with zero attached hydrogens (tertiary/aromatic N) is 1. The average Bonchev–Trinajstić information content (AvgIpc) is 2.70. The van der Waals surface area contributed by atoms with Crippen LogP contribution in [-0.2, 0) is 35.8 Å². The fourth-order valence-corrected chi connectivity index (χ4v) is 5.04. The van der Waals surface area contributed by atoms with Crippen molar-refractivity contribution in [2.45, 2.75) is 30.7 Å². The lowest BCUT2D eigenvalue weighted by atomic mass is 9.83. The zero-order valence-electron chi connectivity index (χ0n) is 15.8. The number of carbonyl (C=O) groups is 4. The predicted molar refractivity (Wildman–Crippen MR) is 105 cm³/mol. The summed E-state index contributed by atoms with van der Waals surface area (Å²) < 4.78 is 12.7. The molecule has 0 radical (unpaired) electrons. The first-order valence-corrected chi connectivity index (χ1v) is 10.2. The molecule has 29 heavy (non-hydrogen) atoms. The van der Waals surface area contributed by atoms with Crippen molar-refractivity contribution < 1.29 is 28.8 Å². The van der Waals surface area contributed by atoms with Gasteiger partial charge in [0.05, 0.1) is 5.41 Å². The van der Waals surface area contributed by atoms with Crippen molar-refractivity contribution in [3.63, 3.8) is 0 Å². The van der Waals surface area contributed by atoms with E-state index in [2.05, 4.69) is 5.32 Å². The Morgan fingerprint density at radius 3 is 2.55 bits per heavy atom. The molecule has 3 atom stereocenters. The second kappa shape index (κ2) is 7.84. The molecule has 2 aliphatic rings. The summed E-state index contributed by atoms with van der Waals surface area (Å²) in [4.78, 5) is 48.7. The number of hydrogen-bond acceptors (Lipinski definition) is 5. The molecule has 2 unspecified atom stereocenters. The number of hydrogen-bond donors (Lipinski definition) is 2.